The van der Waals surface area contributed by atoms with Gasteiger partial charge < -0.3 is 24.3 Å². The Hall–Kier alpha value is -3.03. The molecule has 1 unspecified atom stereocenters. The number of amides is 1. The number of ether oxygens (including phenoxy) is 4. The molecule has 0 aliphatic rings. The van der Waals surface area contributed by atoms with Crippen molar-refractivity contribution in [3.8, 4) is 5.75 Å². The van der Waals surface area contributed by atoms with Crippen LogP contribution in [-0.4, -0.2) is 51.0 Å². The fourth-order valence-electron chi connectivity index (χ4n) is 2.29. The summed E-state index contributed by atoms with van der Waals surface area (Å²) in [4.78, 5) is 35.5. The van der Waals surface area contributed by atoms with Gasteiger partial charge in [-0.15, -0.1) is 0 Å². The molecule has 1 atom stereocenters. The lowest BCUT2D eigenvalue weighted by molar-refractivity contribution is -0.143. The zero-order valence-corrected chi connectivity index (χ0v) is 17.0. The van der Waals surface area contributed by atoms with E-state index >= 15 is 0 Å². The molecular weight excluding hydrogens is 366 g/mol. The van der Waals surface area contributed by atoms with Gasteiger partial charge >= 0.3 is 18.0 Å². The Labute approximate surface area is 164 Å². The van der Waals surface area contributed by atoms with Crippen LogP contribution in [0, 0.1) is 0 Å². The summed E-state index contributed by atoms with van der Waals surface area (Å²) in [6.07, 6.45) is 2.25. The number of alkyl carbamates (subject to hydrolysis) is 1. The van der Waals surface area contributed by atoms with Gasteiger partial charge in [-0.05, 0) is 44.5 Å². The molecule has 0 radical (unpaired) electrons. The van der Waals surface area contributed by atoms with E-state index in [4.69, 9.17) is 14.2 Å². The summed E-state index contributed by atoms with van der Waals surface area (Å²) in [6.45, 7) is 5.18. The fourth-order valence-corrected chi connectivity index (χ4v) is 2.29. The topological polar surface area (TPSA) is 100 Å². The van der Waals surface area contributed by atoms with Crippen LogP contribution in [0.5, 0.6) is 5.75 Å². The van der Waals surface area contributed by atoms with Crippen molar-refractivity contribution in [1.82, 2.24) is 5.32 Å². The molecule has 0 aliphatic heterocycles. The van der Waals surface area contributed by atoms with Crippen LogP contribution in [0.4, 0.5) is 4.79 Å². The molecule has 1 aromatic carbocycles. The van der Waals surface area contributed by atoms with Gasteiger partial charge in [-0.25, -0.2) is 14.4 Å². The second-order valence-electron chi connectivity index (χ2n) is 6.86. The Morgan fingerprint density at radius 1 is 1.11 bits per heavy atom. The minimum atomic E-state index is -0.939. The van der Waals surface area contributed by atoms with Crippen molar-refractivity contribution in [1.29, 1.82) is 0 Å². The number of methoxy groups -OCH3 is 3. The lowest BCUT2D eigenvalue weighted by atomic mass is 10.0. The summed E-state index contributed by atoms with van der Waals surface area (Å²) in [5.41, 5.74) is 0.638. The Kier molecular flexibility index (Phi) is 8.50. The molecule has 0 aromatic heterocycles. The molecular formula is C20H27NO7. The minimum Gasteiger partial charge on any atom is -0.496 e. The molecule has 0 heterocycles. The quantitative estimate of drug-likeness (QED) is 0.431. The number of nitrogens with one attached hydrogen (secondary N) is 1. The average molecular weight is 393 g/mol. The van der Waals surface area contributed by atoms with Crippen LogP contribution < -0.4 is 10.1 Å². The normalized spacial score (nSPS) is 12.2. The maximum absolute atomic E-state index is 12.1. The number of benzene rings is 1. The number of hydrogen-bond donors (Lipinski definition) is 1. The Morgan fingerprint density at radius 3 is 2.32 bits per heavy atom. The zero-order valence-electron chi connectivity index (χ0n) is 17.0. The van der Waals surface area contributed by atoms with Gasteiger partial charge in [-0.2, -0.15) is 0 Å². The van der Waals surface area contributed by atoms with Crippen LogP contribution in [0.15, 0.2) is 24.3 Å². The summed E-state index contributed by atoms with van der Waals surface area (Å²) in [7, 11) is 4.03. The Bertz CT molecular complexity index is 735. The predicted molar refractivity (Wildman–Crippen MR) is 103 cm³/mol. The van der Waals surface area contributed by atoms with E-state index in [2.05, 4.69) is 10.1 Å². The maximum Gasteiger partial charge on any atom is 0.408 e. The van der Waals surface area contributed by atoms with Crippen molar-refractivity contribution in [3.05, 3.63) is 35.4 Å². The molecule has 1 N–H and O–H groups in total. The zero-order chi connectivity index (χ0) is 21.3. The van der Waals surface area contributed by atoms with E-state index < -0.39 is 29.7 Å². The van der Waals surface area contributed by atoms with Crippen molar-refractivity contribution >= 4 is 24.1 Å². The molecule has 0 aliphatic carbocycles. The van der Waals surface area contributed by atoms with Gasteiger partial charge in [0.25, 0.3) is 0 Å². The summed E-state index contributed by atoms with van der Waals surface area (Å²) < 4.78 is 19.8. The van der Waals surface area contributed by atoms with Gasteiger partial charge in [0.1, 0.15) is 17.4 Å². The van der Waals surface area contributed by atoms with Crippen LogP contribution >= 0.6 is 0 Å². The third kappa shape index (κ3) is 7.69. The van der Waals surface area contributed by atoms with Crippen LogP contribution in [0.25, 0.3) is 6.08 Å². The van der Waals surface area contributed by atoms with Gasteiger partial charge in [0, 0.05) is 18.1 Å². The molecule has 1 amide bonds. The van der Waals surface area contributed by atoms with E-state index in [1.165, 1.54) is 27.4 Å². The lowest BCUT2D eigenvalue weighted by Crippen LogP contribution is -2.45. The van der Waals surface area contributed by atoms with Gasteiger partial charge in [0.05, 0.1) is 21.3 Å². The van der Waals surface area contributed by atoms with Crippen LogP contribution in [0.1, 0.15) is 31.9 Å². The predicted octanol–water partition coefficient (Wildman–Crippen LogP) is 2.49. The highest BCUT2D eigenvalue weighted by atomic mass is 16.6. The molecule has 8 nitrogen and oxygen atoms in total. The number of carbonyl (C=O) groups excluding carboxylic acids is 3. The third-order valence-corrected chi connectivity index (χ3v) is 3.51. The van der Waals surface area contributed by atoms with Crippen molar-refractivity contribution < 1.29 is 33.3 Å². The summed E-state index contributed by atoms with van der Waals surface area (Å²) in [6, 6.07) is 4.26. The Morgan fingerprint density at radius 2 is 1.79 bits per heavy atom. The minimum absolute atomic E-state index is 0.162. The Balaban J connectivity index is 3.05. The standard InChI is InChI=1S/C20H27NO7/c1-20(2,3)28-19(24)21-15(18(23)27-6)12-13-7-9-16(25-4)14(11-13)8-10-17(22)26-5/h7-11,15H,12H2,1-6H3,(H,21,24)/b10-8+. The number of carbonyl (C=O) groups is 3. The van der Waals surface area contributed by atoms with E-state index in [0.717, 1.165) is 5.56 Å². The van der Waals surface area contributed by atoms with Crippen molar-refractivity contribution in [2.24, 2.45) is 0 Å². The van der Waals surface area contributed by atoms with Crippen LogP contribution in [0.3, 0.4) is 0 Å². The van der Waals surface area contributed by atoms with Crippen molar-refractivity contribution in [3.63, 3.8) is 0 Å². The van der Waals surface area contributed by atoms with Crippen LogP contribution in [-0.2, 0) is 30.2 Å². The molecule has 1 aromatic rings. The molecule has 0 fully saturated rings. The van der Waals surface area contributed by atoms with Gasteiger partial charge in [0.2, 0.25) is 0 Å². The number of rotatable bonds is 7. The molecule has 1 rings (SSSR count). The fraction of sp³-hybridized carbons (Fsp3) is 0.450. The first-order valence-corrected chi connectivity index (χ1v) is 8.60. The first-order valence-electron chi connectivity index (χ1n) is 8.60. The van der Waals surface area contributed by atoms with E-state index in [-0.39, 0.29) is 6.42 Å². The van der Waals surface area contributed by atoms with Crippen LogP contribution in [0.2, 0.25) is 0 Å². The SMILES string of the molecule is COC(=O)/C=C/c1cc(CC(NC(=O)OC(C)(C)C)C(=O)OC)ccc1OC. The third-order valence-electron chi connectivity index (χ3n) is 3.51. The average Bonchev–Trinajstić information content (AvgIpc) is 2.63. The van der Waals surface area contributed by atoms with E-state index in [0.29, 0.717) is 11.3 Å². The lowest BCUT2D eigenvalue weighted by Gasteiger charge is -2.22. The highest BCUT2D eigenvalue weighted by molar-refractivity contribution is 5.87. The monoisotopic (exact) mass is 393 g/mol. The van der Waals surface area contributed by atoms with Gasteiger partial charge in [-0.3, -0.25) is 0 Å². The maximum atomic E-state index is 12.1. The first-order chi connectivity index (χ1) is 13.1. The largest absolute Gasteiger partial charge is 0.496 e. The van der Waals surface area contributed by atoms with E-state index in [1.807, 2.05) is 0 Å². The number of hydrogen-bond acceptors (Lipinski definition) is 7. The second kappa shape index (κ2) is 10.3. The molecule has 154 valence electrons. The summed E-state index contributed by atoms with van der Waals surface area (Å²) >= 11 is 0. The smallest absolute Gasteiger partial charge is 0.408 e. The number of esters is 2. The molecule has 0 bridgehead atoms. The molecule has 0 spiro atoms. The van der Waals surface area contributed by atoms with E-state index in [1.54, 1.807) is 45.0 Å². The van der Waals surface area contributed by atoms with Crippen molar-refractivity contribution in [2.75, 3.05) is 21.3 Å². The van der Waals surface area contributed by atoms with Crippen molar-refractivity contribution in [2.45, 2.75) is 38.8 Å². The molecule has 0 saturated carbocycles. The first kappa shape index (κ1) is 23.0. The highest BCUT2D eigenvalue weighted by Gasteiger charge is 2.25. The van der Waals surface area contributed by atoms with Gasteiger partial charge in [-0.1, -0.05) is 6.07 Å². The molecule has 8 heteroatoms. The molecule has 28 heavy (non-hydrogen) atoms. The van der Waals surface area contributed by atoms with E-state index in [9.17, 15) is 14.4 Å². The second-order valence-corrected chi connectivity index (χ2v) is 6.86. The summed E-state index contributed by atoms with van der Waals surface area (Å²) in [5.74, 6) is -0.571. The van der Waals surface area contributed by atoms with Gasteiger partial charge in [0.15, 0.2) is 0 Å². The highest BCUT2D eigenvalue weighted by Crippen LogP contribution is 2.22. The molecule has 0 saturated heterocycles. The summed E-state index contributed by atoms with van der Waals surface area (Å²) in [5, 5.41) is 2.52.